The summed E-state index contributed by atoms with van der Waals surface area (Å²) in [6.07, 6.45) is 1.38. The fourth-order valence-electron chi connectivity index (χ4n) is 1.15. The molecule has 0 saturated heterocycles. The van der Waals surface area contributed by atoms with Crippen molar-refractivity contribution in [3.05, 3.63) is 16.9 Å². The van der Waals surface area contributed by atoms with Gasteiger partial charge in [0, 0.05) is 6.54 Å². The van der Waals surface area contributed by atoms with Gasteiger partial charge in [0.25, 0.3) is 0 Å². The Morgan fingerprint density at radius 2 is 2.35 bits per heavy atom. The molecule has 2 rings (SSSR count). The Labute approximate surface area is 100 Å². The number of anilines is 1. The Kier molecular flexibility index (Phi) is 3.28. The molecule has 0 aliphatic rings. The van der Waals surface area contributed by atoms with Crippen molar-refractivity contribution in [2.24, 2.45) is 0 Å². The van der Waals surface area contributed by atoms with Gasteiger partial charge in [-0.1, -0.05) is 16.6 Å². The van der Waals surface area contributed by atoms with Gasteiger partial charge in [-0.25, -0.2) is 9.48 Å². The molecule has 0 aliphatic heterocycles. The lowest BCUT2D eigenvalue weighted by Gasteiger charge is -2.00. The van der Waals surface area contributed by atoms with Gasteiger partial charge in [0.15, 0.2) is 5.69 Å². The van der Waals surface area contributed by atoms with Gasteiger partial charge < -0.3 is 10.4 Å². The van der Waals surface area contributed by atoms with E-state index < -0.39 is 5.97 Å². The molecule has 0 aliphatic carbocycles. The number of carboxylic acid groups (broad SMARTS) is 1. The number of rotatable bonds is 5. The number of hydrogen-bond acceptors (Lipinski definition) is 7. The number of carbonyl (C=O) groups is 1. The smallest absolute Gasteiger partial charge is 0.358 e. The lowest BCUT2D eigenvalue weighted by molar-refractivity contribution is 0.0690. The first-order valence-electron chi connectivity index (χ1n) is 4.82. The molecule has 0 amide bonds. The lowest BCUT2D eigenvalue weighted by atomic mass is 10.5. The topological polar surface area (TPSA) is 106 Å². The summed E-state index contributed by atoms with van der Waals surface area (Å²) in [7, 11) is 0. The van der Waals surface area contributed by atoms with Crippen LogP contribution >= 0.6 is 11.3 Å². The van der Waals surface area contributed by atoms with Crippen LogP contribution in [-0.4, -0.2) is 42.8 Å². The van der Waals surface area contributed by atoms with Crippen LogP contribution in [0.1, 0.15) is 15.5 Å². The van der Waals surface area contributed by atoms with Crippen molar-refractivity contribution < 1.29 is 9.90 Å². The summed E-state index contributed by atoms with van der Waals surface area (Å²) < 4.78 is 1.46. The van der Waals surface area contributed by atoms with Crippen LogP contribution in [0.3, 0.4) is 0 Å². The molecule has 0 unspecified atom stereocenters. The molecule has 0 aromatic carbocycles. The number of nitrogens with zero attached hydrogens (tertiary/aromatic N) is 5. The van der Waals surface area contributed by atoms with Gasteiger partial charge in [-0.15, -0.1) is 15.3 Å². The average Bonchev–Trinajstić information content (AvgIpc) is 2.88. The molecule has 0 fully saturated rings. The van der Waals surface area contributed by atoms with Gasteiger partial charge >= 0.3 is 5.97 Å². The lowest BCUT2D eigenvalue weighted by Crippen LogP contribution is -2.10. The molecule has 2 aromatic heterocycles. The number of nitrogens with one attached hydrogen (secondary N) is 1. The first-order chi connectivity index (χ1) is 8.15. The van der Waals surface area contributed by atoms with Crippen molar-refractivity contribution in [1.82, 2.24) is 25.2 Å². The van der Waals surface area contributed by atoms with Crippen LogP contribution in [0.2, 0.25) is 0 Å². The Morgan fingerprint density at radius 3 is 2.94 bits per heavy atom. The molecule has 0 atom stereocenters. The molecule has 2 heterocycles. The van der Waals surface area contributed by atoms with Gasteiger partial charge in [0.05, 0.1) is 12.7 Å². The fourth-order valence-corrected chi connectivity index (χ4v) is 1.77. The summed E-state index contributed by atoms with van der Waals surface area (Å²) in [5, 5.41) is 28.3. The van der Waals surface area contributed by atoms with E-state index in [1.54, 1.807) is 0 Å². The molecule has 2 aromatic rings. The second kappa shape index (κ2) is 4.87. The molecule has 8 nitrogen and oxygen atoms in total. The maximum Gasteiger partial charge on any atom is 0.358 e. The Bertz CT molecular complexity index is 522. The van der Waals surface area contributed by atoms with Gasteiger partial charge in [-0.3, -0.25) is 0 Å². The SMILES string of the molecule is Cc1nnc(NCCn2cc(C(=O)O)nn2)s1. The van der Waals surface area contributed by atoms with Crippen molar-refractivity contribution in [2.75, 3.05) is 11.9 Å². The van der Waals surface area contributed by atoms with E-state index in [9.17, 15) is 4.79 Å². The minimum absolute atomic E-state index is 0.0586. The molecular weight excluding hydrogens is 244 g/mol. The van der Waals surface area contributed by atoms with Crippen molar-refractivity contribution in [1.29, 1.82) is 0 Å². The van der Waals surface area contributed by atoms with Crippen molar-refractivity contribution in [2.45, 2.75) is 13.5 Å². The van der Waals surface area contributed by atoms with E-state index >= 15 is 0 Å². The van der Waals surface area contributed by atoms with Gasteiger partial charge in [0.2, 0.25) is 5.13 Å². The standard InChI is InChI=1S/C8H10N6O2S/c1-5-10-12-8(17-5)9-2-3-14-4-6(7(15)16)11-13-14/h4H,2-3H2,1H3,(H,9,12)(H,15,16). The van der Waals surface area contributed by atoms with Crippen molar-refractivity contribution in [3.8, 4) is 0 Å². The van der Waals surface area contributed by atoms with E-state index in [0.29, 0.717) is 13.1 Å². The Balaban J connectivity index is 1.83. The molecule has 0 spiro atoms. The van der Waals surface area contributed by atoms with Crippen LogP contribution < -0.4 is 5.32 Å². The number of aryl methyl sites for hydroxylation is 1. The first-order valence-corrected chi connectivity index (χ1v) is 5.64. The molecule has 17 heavy (non-hydrogen) atoms. The fraction of sp³-hybridized carbons (Fsp3) is 0.375. The Hall–Kier alpha value is -2.03. The quantitative estimate of drug-likeness (QED) is 0.787. The van der Waals surface area contributed by atoms with Crippen LogP contribution in [-0.2, 0) is 6.54 Å². The predicted molar refractivity (Wildman–Crippen MR) is 60.1 cm³/mol. The van der Waals surface area contributed by atoms with E-state index in [4.69, 9.17) is 5.11 Å². The summed E-state index contributed by atoms with van der Waals surface area (Å²) in [5.74, 6) is -1.08. The summed E-state index contributed by atoms with van der Waals surface area (Å²) in [6, 6.07) is 0. The third-order valence-corrected chi connectivity index (χ3v) is 2.70. The summed E-state index contributed by atoms with van der Waals surface area (Å²) in [4.78, 5) is 10.6. The van der Waals surface area contributed by atoms with Crippen molar-refractivity contribution in [3.63, 3.8) is 0 Å². The largest absolute Gasteiger partial charge is 0.476 e. The van der Waals surface area contributed by atoms with Gasteiger partial charge in [-0.2, -0.15) is 0 Å². The highest BCUT2D eigenvalue weighted by Crippen LogP contribution is 2.12. The molecular formula is C8H10N6O2S. The zero-order chi connectivity index (χ0) is 12.3. The second-order valence-electron chi connectivity index (χ2n) is 3.23. The minimum Gasteiger partial charge on any atom is -0.476 e. The number of carboxylic acids is 1. The first kappa shape index (κ1) is 11.5. The van der Waals surface area contributed by atoms with Gasteiger partial charge in [-0.05, 0) is 6.92 Å². The summed E-state index contributed by atoms with van der Waals surface area (Å²) in [5.41, 5.74) is -0.0586. The maximum atomic E-state index is 10.6. The summed E-state index contributed by atoms with van der Waals surface area (Å²) >= 11 is 1.46. The zero-order valence-corrected chi connectivity index (χ0v) is 9.81. The van der Waals surface area contributed by atoms with E-state index in [0.717, 1.165) is 10.1 Å². The average molecular weight is 254 g/mol. The van der Waals surface area contributed by atoms with Crippen LogP contribution in [0.25, 0.3) is 0 Å². The van der Waals surface area contributed by atoms with Crippen LogP contribution in [0.5, 0.6) is 0 Å². The zero-order valence-electron chi connectivity index (χ0n) is 8.99. The predicted octanol–water partition coefficient (Wildman–Crippen LogP) is 0.248. The van der Waals surface area contributed by atoms with Crippen molar-refractivity contribution >= 4 is 22.4 Å². The highest BCUT2D eigenvalue weighted by Gasteiger charge is 2.07. The van der Waals surface area contributed by atoms with Crippen LogP contribution in [0.15, 0.2) is 6.20 Å². The third kappa shape index (κ3) is 2.97. The minimum atomic E-state index is -1.08. The number of hydrogen-bond donors (Lipinski definition) is 2. The van der Waals surface area contributed by atoms with Crippen LogP contribution in [0.4, 0.5) is 5.13 Å². The van der Waals surface area contributed by atoms with E-state index in [2.05, 4.69) is 25.8 Å². The molecule has 2 N–H and O–H groups in total. The van der Waals surface area contributed by atoms with E-state index in [1.807, 2.05) is 6.92 Å². The summed E-state index contributed by atoms with van der Waals surface area (Å²) in [6.45, 7) is 2.97. The normalized spacial score (nSPS) is 10.4. The van der Waals surface area contributed by atoms with Gasteiger partial charge in [0.1, 0.15) is 5.01 Å². The highest BCUT2D eigenvalue weighted by molar-refractivity contribution is 7.15. The molecule has 0 radical (unpaired) electrons. The Morgan fingerprint density at radius 1 is 1.53 bits per heavy atom. The molecule has 0 saturated carbocycles. The highest BCUT2D eigenvalue weighted by atomic mass is 32.1. The number of aromatic carboxylic acids is 1. The molecule has 90 valence electrons. The van der Waals surface area contributed by atoms with Crippen LogP contribution in [0, 0.1) is 6.92 Å². The molecule has 9 heteroatoms. The number of aromatic nitrogens is 5. The third-order valence-electron chi connectivity index (χ3n) is 1.90. The molecule has 0 bridgehead atoms. The van der Waals surface area contributed by atoms with E-state index in [-0.39, 0.29) is 5.69 Å². The van der Waals surface area contributed by atoms with E-state index in [1.165, 1.54) is 22.2 Å². The second-order valence-corrected chi connectivity index (χ2v) is 4.41. The maximum absolute atomic E-state index is 10.6. The monoisotopic (exact) mass is 254 g/mol.